The summed E-state index contributed by atoms with van der Waals surface area (Å²) < 4.78 is 32.7. The molecule has 2 aromatic rings. The summed E-state index contributed by atoms with van der Waals surface area (Å²) in [5, 5.41) is 13.0. The van der Waals surface area contributed by atoms with Gasteiger partial charge in [-0.25, -0.2) is 13.5 Å². The Labute approximate surface area is 102 Å². The average Bonchev–Trinajstić information content (AvgIpc) is 2.52. The van der Waals surface area contributed by atoms with Crippen molar-refractivity contribution in [1.29, 1.82) is 5.26 Å². The predicted molar refractivity (Wildman–Crippen MR) is 59.1 cm³/mol. The molecule has 0 unspecified atom stereocenters. The van der Waals surface area contributed by atoms with Crippen LogP contribution in [-0.2, 0) is 7.05 Å². The maximum atomic E-state index is 13.0. The summed E-state index contributed by atoms with van der Waals surface area (Å²) in [7, 11) is 1.58. The molecule has 1 aromatic carbocycles. The highest BCUT2D eigenvalue weighted by Gasteiger charge is 2.15. The first kappa shape index (κ1) is 12.0. The lowest BCUT2D eigenvalue weighted by Gasteiger charge is -2.06. The highest BCUT2D eigenvalue weighted by atomic mass is 19.1. The maximum absolute atomic E-state index is 13.0. The van der Waals surface area contributed by atoms with Crippen molar-refractivity contribution in [1.82, 2.24) is 9.78 Å². The van der Waals surface area contributed by atoms with Crippen LogP contribution in [0.3, 0.4) is 0 Å². The van der Waals surface area contributed by atoms with Gasteiger partial charge in [-0.2, -0.15) is 10.4 Å². The van der Waals surface area contributed by atoms with Crippen LogP contribution in [-0.4, -0.2) is 9.78 Å². The molecule has 0 atom stereocenters. The third kappa shape index (κ3) is 2.15. The topological polar surface area (TPSA) is 50.8 Å². The maximum Gasteiger partial charge on any atom is 0.235 e. The summed E-state index contributed by atoms with van der Waals surface area (Å²) in [4.78, 5) is 0. The number of halogens is 2. The summed E-state index contributed by atoms with van der Waals surface area (Å²) in [5.41, 5.74) is 0.731. The lowest BCUT2D eigenvalue weighted by Crippen LogP contribution is -1.97. The Kier molecular flexibility index (Phi) is 2.98. The number of benzene rings is 1. The molecule has 0 fully saturated rings. The van der Waals surface area contributed by atoms with E-state index in [1.165, 1.54) is 4.68 Å². The number of aryl methyl sites for hydroxylation is 2. The number of nitriles is 1. The second kappa shape index (κ2) is 4.45. The molecule has 0 bridgehead atoms. The highest BCUT2D eigenvalue weighted by molar-refractivity contribution is 5.44. The van der Waals surface area contributed by atoms with Crippen molar-refractivity contribution >= 4 is 0 Å². The molecule has 6 heteroatoms. The van der Waals surface area contributed by atoms with E-state index in [1.807, 2.05) is 6.07 Å². The van der Waals surface area contributed by atoms with Crippen molar-refractivity contribution in [2.45, 2.75) is 6.92 Å². The monoisotopic (exact) mass is 249 g/mol. The van der Waals surface area contributed by atoms with E-state index in [1.54, 1.807) is 14.0 Å². The smallest absolute Gasteiger partial charge is 0.235 e. The Bertz CT molecular complexity index is 623. The van der Waals surface area contributed by atoms with E-state index in [2.05, 4.69) is 5.10 Å². The van der Waals surface area contributed by atoms with Crippen molar-refractivity contribution in [2.24, 2.45) is 7.05 Å². The van der Waals surface area contributed by atoms with Gasteiger partial charge in [-0.05, 0) is 6.92 Å². The van der Waals surface area contributed by atoms with E-state index in [0.29, 0.717) is 5.69 Å². The molecule has 2 rings (SSSR count). The molecule has 4 nitrogen and oxygen atoms in total. The van der Waals surface area contributed by atoms with Crippen LogP contribution in [0.4, 0.5) is 8.78 Å². The summed E-state index contributed by atoms with van der Waals surface area (Å²) >= 11 is 0. The first-order chi connectivity index (χ1) is 8.51. The van der Waals surface area contributed by atoms with E-state index < -0.39 is 11.6 Å². The zero-order valence-electron chi connectivity index (χ0n) is 9.74. The second-order valence-corrected chi connectivity index (χ2v) is 3.71. The van der Waals surface area contributed by atoms with Gasteiger partial charge in [0.05, 0.1) is 5.69 Å². The molecule has 0 aliphatic rings. The Morgan fingerprint density at radius 1 is 1.28 bits per heavy atom. The van der Waals surface area contributed by atoms with E-state index in [-0.39, 0.29) is 17.2 Å². The van der Waals surface area contributed by atoms with Crippen molar-refractivity contribution < 1.29 is 13.5 Å². The van der Waals surface area contributed by atoms with Crippen LogP contribution in [0.5, 0.6) is 11.6 Å². The van der Waals surface area contributed by atoms with Gasteiger partial charge < -0.3 is 4.74 Å². The summed E-state index contributed by atoms with van der Waals surface area (Å²) in [6.45, 7) is 1.65. The first-order valence-electron chi connectivity index (χ1n) is 5.09. The Balaban J connectivity index is 2.43. The van der Waals surface area contributed by atoms with Crippen LogP contribution in [0.2, 0.25) is 0 Å². The van der Waals surface area contributed by atoms with Crippen molar-refractivity contribution in [3.05, 3.63) is 41.1 Å². The lowest BCUT2D eigenvalue weighted by atomic mass is 10.3. The van der Waals surface area contributed by atoms with Gasteiger partial charge in [-0.15, -0.1) is 0 Å². The minimum Gasteiger partial charge on any atom is -0.438 e. The lowest BCUT2D eigenvalue weighted by molar-refractivity contribution is 0.421. The van der Waals surface area contributed by atoms with Crippen molar-refractivity contribution in [3.63, 3.8) is 0 Å². The Morgan fingerprint density at radius 2 is 1.89 bits per heavy atom. The second-order valence-electron chi connectivity index (χ2n) is 3.71. The number of aromatic nitrogens is 2. The summed E-state index contributed by atoms with van der Waals surface area (Å²) in [6.07, 6.45) is 0. The van der Waals surface area contributed by atoms with Gasteiger partial charge in [0, 0.05) is 25.2 Å². The molecule has 0 aliphatic carbocycles. The number of hydrogen-bond acceptors (Lipinski definition) is 3. The molecule has 0 radical (unpaired) electrons. The van der Waals surface area contributed by atoms with Crippen LogP contribution in [0.25, 0.3) is 0 Å². The molecule has 1 aromatic heterocycles. The van der Waals surface area contributed by atoms with Crippen LogP contribution in [0.1, 0.15) is 11.3 Å². The highest BCUT2D eigenvalue weighted by Crippen LogP contribution is 2.27. The minimum atomic E-state index is -0.748. The fraction of sp³-hybridized carbons (Fsp3) is 0.167. The molecule has 18 heavy (non-hydrogen) atoms. The van der Waals surface area contributed by atoms with Gasteiger partial charge in [0.1, 0.15) is 29.0 Å². The number of hydrogen-bond donors (Lipinski definition) is 0. The molecule has 0 amide bonds. The zero-order valence-corrected chi connectivity index (χ0v) is 9.74. The molecule has 0 saturated carbocycles. The number of rotatable bonds is 2. The van der Waals surface area contributed by atoms with Gasteiger partial charge in [0.15, 0.2) is 0 Å². The SMILES string of the molecule is Cc1nn(C)c(Oc2cc(F)cc(F)c2)c1C#N. The molecule has 92 valence electrons. The zero-order chi connectivity index (χ0) is 13.3. The van der Waals surface area contributed by atoms with Crippen molar-refractivity contribution in [2.75, 3.05) is 0 Å². The number of ether oxygens (including phenoxy) is 1. The van der Waals surface area contributed by atoms with Gasteiger partial charge in [-0.1, -0.05) is 0 Å². The van der Waals surface area contributed by atoms with Gasteiger partial charge in [0.25, 0.3) is 0 Å². The van der Waals surface area contributed by atoms with E-state index in [9.17, 15) is 8.78 Å². The fourth-order valence-corrected chi connectivity index (χ4v) is 1.58. The largest absolute Gasteiger partial charge is 0.438 e. The molecular formula is C12H9F2N3O. The van der Waals surface area contributed by atoms with Crippen LogP contribution in [0, 0.1) is 29.9 Å². The molecule has 0 N–H and O–H groups in total. The standard InChI is InChI=1S/C12H9F2N3O/c1-7-11(6-15)12(17(2)16-7)18-10-4-8(13)3-9(14)5-10/h3-5H,1-2H3. The first-order valence-corrected chi connectivity index (χ1v) is 5.09. The molecular weight excluding hydrogens is 240 g/mol. The Morgan fingerprint density at radius 3 is 2.44 bits per heavy atom. The third-order valence-electron chi connectivity index (χ3n) is 2.33. The van der Waals surface area contributed by atoms with Gasteiger partial charge in [0.2, 0.25) is 5.88 Å². The van der Waals surface area contributed by atoms with E-state index in [4.69, 9.17) is 10.00 Å². The average molecular weight is 249 g/mol. The Hall–Kier alpha value is -2.42. The fourth-order valence-electron chi connectivity index (χ4n) is 1.58. The predicted octanol–water partition coefficient (Wildman–Crippen LogP) is 2.67. The van der Waals surface area contributed by atoms with Crippen molar-refractivity contribution in [3.8, 4) is 17.7 Å². The summed E-state index contributed by atoms with van der Waals surface area (Å²) in [6, 6.07) is 4.75. The molecule has 0 spiro atoms. The van der Waals surface area contributed by atoms with E-state index >= 15 is 0 Å². The summed E-state index contributed by atoms with van der Waals surface area (Å²) in [5.74, 6) is -1.36. The van der Waals surface area contributed by atoms with Crippen LogP contribution >= 0.6 is 0 Å². The van der Waals surface area contributed by atoms with Crippen LogP contribution in [0.15, 0.2) is 18.2 Å². The normalized spacial score (nSPS) is 10.2. The molecule has 0 aliphatic heterocycles. The third-order valence-corrected chi connectivity index (χ3v) is 2.33. The minimum absolute atomic E-state index is 0.0213. The van der Waals surface area contributed by atoms with Crippen LogP contribution < -0.4 is 4.74 Å². The quantitative estimate of drug-likeness (QED) is 0.822. The van der Waals surface area contributed by atoms with E-state index in [0.717, 1.165) is 18.2 Å². The molecule has 1 heterocycles. The van der Waals surface area contributed by atoms with Gasteiger partial charge >= 0.3 is 0 Å². The number of nitrogens with zero attached hydrogens (tertiary/aromatic N) is 3. The van der Waals surface area contributed by atoms with Gasteiger partial charge in [-0.3, -0.25) is 0 Å². The molecule has 0 saturated heterocycles.